The van der Waals surface area contributed by atoms with E-state index in [1.54, 1.807) is 0 Å². The van der Waals surface area contributed by atoms with E-state index in [1.165, 1.54) is 11.9 Å². The summed E-state index contributed by atoms with van der Waals surface area (Å²) in [6, 6.07) is 8.30. The van der Waals surface area contributed by atoms with E-state index < -0.39 is 6.10 Å². The molecule has 1 aliphatic carbocycles. The van der Waals surface area contributed by atoms with Crippen molar-refractivity contribution >= 4 is 11.0 Å². The maximum Gasteiger partial charge on any atom is 0.254 e. The summed E-state index contributed by atoms with van der Waals surface area (Å²) in [5.74, 6) is 1.75. The third kappa shape index (κ3) is 3.65. The largest absolute Gasteiger partial charge is 0.387 e. The Morgan fingerprint density at radius 2 is 2.17 bits per heavy atom. The lowest BCUT2D eigenvalue weighted by Crippen LogP contribution is -2.32. The van der Waals surface area contributed by atoms with Gasteiger partial charge in [-0.05, 0) is 37.3 Å². The molecule has 1 aromatic heterocycles. The zero-order valence-corrected chi connectivity index (χ0v) is 14.1. The van der Waals surface area contributed by atoms with E-state index in [9.17, 15) is 5.11 Å². The minimum Gasteiger partial charge on any atom is -0.387 e. The number of para-hydroxylation sites is 2. The van der Waals surface area contributed by atoms with Gasteiger partial charge in [-0.3, -0.25) is 0 Å². The zero-order chi connectivity index (χ0) is 16.2. The first-order valence-electron chi connectivity index (χ1n) is 8.51. The van der Waals surface area contributed by atoms with Crippen LogP contribution in [0.5, 0.6) is 0 Å². The molecule has 0 aliphatic heterocycles. The minimum atomic E-state index is -0.483. The van der Waals surface area contributed by atoms with Crippen LogP contribution in [0.25, 0.3) is 11.0 Å². The first kappa shape index (κ1) is 16.2. The molecule has 3 rings (SSSR count). The summed E-state index contributed by atoms with van der Waals surface area (Å²) in [4.78, 5) is 0. The molecule has 0 spiro atoms. The number of aliphatic hydroxyl groups excluding tert-OH is 1. The van der Waals surface area contributed by atoms with Gasteiger partial charge in [0.1, 0.15) is 12.6 Å². The maximum atomic E-state index is 10.4. The molecule has 0 bridgehead atoms. The molecule has 0 radical (unpaired) electrons. The van der Waals surface area contributed by atoms with E-state index in [0.717, 1.165) is 30.8 Å². The van der Waals surface area contributed by atoms with Crippen molar-refractivity contribution in [2.45, 2.75) is 38.8 Å². The van der Waals surface area contributed by atoms with Crippen LogP contribution in [0.1, 0.15) is 25.1 Å². The molecular weight excluding hydrogens is 288 g/mol. The number of aromatic nitrogens is 2. The summed E-state index contributed by atoms with van der Waals surface area (Å²) < 4.78 is 10.1. The Hall–Kier alpha value is -1.65. The van der Waals surface area contributed by atoms with Crippen molar-refractivity contribution in [3.63, 3.8) is 0 Å². The van der Waals surface area contributed by atoms with Gasteiger partial charge in [0, 0.05) is 13.5 Å². The number of benzene rings is 1. The van der Waals surface area contributed by atoms with E-state index in [1.807, 2.05) is 12.1 Å². The summed E-state index contributed by atoms with van der Waals surface area (Å²) >= 11 is 0. The fourth-order valence-electron chi connectivity index (χ4n) is 3.38. The van der Waals surface area contributed by atoms with Gasteiger partial charge < -0.3 is 9.84 Å². The van der Waals surface area contributed by atoms with Gasteiger partial charge in [0.05, 0.1) is 13.7 Å². The Bertz CT molecular complexity index is 690. The lowest BCUT2D eigenvalue weighted by molar-refractivity contribution is -0.652. The lowest BCUT2D eigenvalue weighted by atomic mass is 9.95. The van der Waals surface area contributed by atoms with Crippen LogP contribution in [0.2, 0.25) is 0 Å². The maximum absolute atomic E-state index is 10.4. The van der Waals surface area contributed by atoms with Crippen molar-refractivity contribution in [3.8, 4) is 0 Å². The second kappa shape index (κ2) is 7.28. The van der Waals surface area contributed by atoms with Crippen molar-refractivity contribution in [1.82, 2.24) is 4.57 Å². The minimum absolute atomic E-state index is 0.399. The molecule has 0 saturated heterocycles. The van der Waals surface area contributed by atoms with Crippen LogP contribution < -0.4 is 4.57 Å². The zero-order valence-electron chi connectivity index (χ0n) is 14.1. The van der Waals surface area contributed by atoms with Gasteiger partial charge >= 0.3 is 0 Å². The van der Waals surface area contributed by atoms with Crippen LogP contribution in [0.3, 0.4) is 0 Å². The van der Waals surface area contributed by atoms with Crippen LogP contribution >= 0.6 is 0 Å². The standard InChI is InChI=1S/C19H27N2O2/c1-15-20(2)18-10-6-7-11-19(18)21(15)12-17(22)14-23-13-16-8-4-3-5-9-16/h3-4,6-7,10-11,16-17,22H,5,8-9,12-14H2,1-2H3/q+1/t16-,17+/m0/s1. The van der Waals surface area contributed by atoms with Gasteiger partial charge in [-0.15, -0.1) is 0 Å². The lowest BCUT2D eigenvalue weighted by Gasteiger charge is -2.18. The predicted octanol–water partition coefficient (Wildman–Crippen LogP) is 2.51. The van der Waals surface area contributed by atoms with Crippen LogP contribution in [0, 0.1) is 12.8 Å². The number of nitrogens with zero attached hydrogens (tertiary/aromatic N) is 2. The Kier molecular flexibility index (Phi) is 5.13. The summed E-state index contributed by atoms with van der Waals surface area (Å²) in [6.45, 7) is 3.80. The Balaban J connectivity index is 1.58. The number of allylic oxidation sites excluding steroid dienone is 2. The highest BCUT2D eigenvalue weighted by Crippen LogP contribution is 2.18. The van der Waals surface area contributed by atoms with Crippen molar-refractivity contribution in [2.24, 2.45) is 13.0 Å². The quantitative estimate of drug-likeness (QED) is 0.657. The first-order valence-corrected chi connectivity index (χ1v) is 8.51. The van der Waals surface area contributed by atoms with Gasteiger partial charge in [-0.2, -0.15) is 0 Å². The third-order valence-corrected chi connectivity index (χ3v) is 4.84. The fourth-order valence-corrected chi connectivity index (χ4v) is 3.38. The number of aryl methyl sites for hydroxylation is 1. The second-order valence-corrected chi connectivity index (χ2v) is 6.55. The molecule has 124 valence electrons. The van der Waals surface area contributed by atoms with Crippen LogP contribution in [-0.2, 0) is 18.3 Å². The van der Waals surface area contributed by atoms with E-state index >= 15 is 0 Å². The number of fused-ring (bicyclic) bond motifs is 1. The Labute approximate surface area is 138 Å². The molecule has 0 unspecified atom stereocenters. The highest BCUT2D eigenvalue weighted by Gasteiger charge is 2.21. The van der Waals surface area contributed by atoms with E-state index in [-0.39, 0.29) is 0 Å². The molecule has 0 fully saturated rings. The molecule has 0 amide bonds. The van der Waals surface area contributed by atoms with Gasteiger partial charge in [-0.1, -0.05) is 24.3 Å². The van der Waals surface area contributed by atoms with Crippen molar-refractivity contribution in [2.75, 3.05) is 13.2 Å². The number of aliphatic hydroxyl groups is 1. The highest BCUT2D eigenvalue weighted by atomic mass is 16.5. The second-order valence-electron chi connectivity index (χ2n) is 6.55. The molecule has 1 aliphatic rings. The number of hydrogen-bond acceptors (Lipinski definition) is 2. The van der Waals surface area contributed by atoms with Crippen LogP contribution in [0.15, 0.2) is 36.4 Å². The van der Waals surface area contributed by atoms with Gasteiger partial charge in [0.25, 0.3) is 5.82 Å². The number of hydrogen-bond donors (Lipinski definition) is 1. The number of rotatable bonds is 6. The molecule has 1 N–H and O–H groups in total. The summed E-state index contributed by atoms with van der Waals surface area (Å²) in [6.07, 6.45) is 7.45. The predicted molar refractivity (Wildman–Crippen MR) is 91.2 cm³/mol. The molecule has 2 aromatic rings. The number of imidazole rings is 1. The summed E-state index contributed by atoms with van der Waals surface area (Å²) in [5.41, 5.74) is 2.34. The van der Waals surface area contributed by atoms with E-state index in [4.69, 9.17) is 4.74 Å². The van der Waals surface area contributed by atoms with Gasteiger partial charge in [0.2, 0.25) is 0 Å². The molecule has 23 heavy (non-hydrogen) atoms. The van der Waals surface area contributed by atoms with Crippen LogP contribution in [0.4, 0.5) is 0 Å². The highest BCUT2D eigenvalue weighted by molar-refractivity contribution is 5.72. The smallest absolute Gasteiger partial charge is 0.254 e. The van der Waals surface area contributed by atoms with E-state index in [0.29, 0.717) is 19.1 Å². The van der Waals surface area contributed by atoms with Gasteiger partial charge in [0.15, 0.2) is 11.0 Å². The monoisotopic (exact) mass is 315 g/mol. The molecular formula is C19H27N2O2+. The average Bonchev–Trinajstić information content (AvgIpc) is 2.81. The first-order chi connectivity index (χ1) is 11.2. The molecule has 1 heterocycles. The van der Waals surface area contributed by atoms with E-state index in [2.05, 4.69) is 47.4 Å². The summed E-state index contributed by atoms with van der Waals surface area (Å²) in [7, 11) is 2.06. The normalized spacial score (nSPS) is 19.3. The average molecular weight is 315 g/mol. The molecule has 4 nitrogen and oxygen atoms in total. The topological polar surface area (TPSA) is 38.3 Å². The van der Waals surface area contributed by atoms with Crippen molar-refractivity contribution < 1.29 is 14.4 Å². The van der Waals surface area contributed by atoms with Crippen molar-refractivity contribution in [3.05, 3.63) is 42.2 Å². The fraction of sp³-hybridized carbons (Fsp3) is 0.526. The Morgan fingerprint density at radius 1 is 1.35 bits per heavy atom. The SMILES string of the molecule is Cc1n(C[C@@H](O)COC[C@H]2CC=CCC2)c2ccccc2[n+]1C. The van der Waals surface area contributed by atoms with Gasteiger partial charge in [-0.25, -0.2) is 9.13 Å². The molecule has 4 heteroatoms. The third-order valence-electron chi connectivity index (χ3n) is 4.84. The summed E-state index contributed by atoms with van der Waals surface area (Å²) in [5, 5.41) is 10.4. The molecule has 0 saturated carbocycles. The van der Waals surface area contributed by atoms with Crippen molar-refractivity contribution in [1.29, 1.82) is 0 Å². The Morgan fingerprint density at radius 3 is 2.96 bits per heavy atom. The molecule has 1 aromatic carbocycles. The van der Waals surface area contributed by atoms with Crippen LogP contribution in [-0.4, -0.2) is 29.0 Å². The number of ether oxygens (including phenoxy) is 1. The molecule has 2 atom stereocenters.